The first kappa shape index (κ1) is 10.8. The van der Waals surface area contributed by atoms with Crippen molar-refractivity contribution in [2.45, 2.75) is 6.61 Å². The minimum absolute atomic E-state index is 0.489. The molecule has 2 rings (SSSR count). The van der Waals surface area contributed by atoms with Crippen molar-refractivity contribution in [3.05, 3.63) is 53.3 Å². The SMILES string of the molecule is Nc1ccc(OCc2ccncc2)cc1Cl. The van der Waals surface area contributed by atoms with Gasteiger partial charge in [-0.25, -0.2) is 0 Å². The highest BCUT2D eigenvalue weighted by Gasteiger charge is 1.99. The van der Waals surface area contributed by atoms with Crippen molar-refractivity contribution >= 4 is 17.3 Å². The fraction of sp³-hybridized carbons (Fsp3) is 0.0833. The number of rotatable bonds is 3. The summed E-state index contributed by atoms with van der Waals surface area (Å²) in [5, 5.41) is 0.507. The molecule has 0 aliphatic rings. The summed E-state index contributed by atoms with van der Waals surface area (Å²) >= 11 is 5.88. The molecule has 2 aromatic rings. The first-order chi connectivity index (χ1) is 7.75. The lowest BCUT2D eigenvalue weighted by Gasteiger charge is -2.07. The number of hydrogen-bond donors (Lipinski definition) is 1. The van der Waals surface area contributed by atoms with Gasteiger partial charge in [-0.3, -0.25) is 4.98 Å². The molecule has 0 fully saturated rings. The molecule has 1 heterocycles. The third-order valence-corrected chi connectivity index (χ3v) is 2.45. The summed E-state index contributed by atoms with van der Waals surface area (Å²) in [5.41, 5.74) is 7.21. The second kappa shape index (κ2) is 4.86. The maximum Gasteiger partial charge on any atom is 0.121 e. The van der Waals surface area contributed by atoms with E-state index in [4.69, 9.17) is 22.1 Å². The van der Waals surface area contributed by atoms with Gasteiger partial charge in [-0.15, -0.1) is 0 Å². The van der Waals surface area contributed by atoms with Crippen LogP contribution in [0.25, 0.3) is 0 Å². The number of benzene rings is 1. The minimum Gasteiger partial charge on any atom is -0.489 e. The average molecular weight is 235 g/mol. The highest BCUT2D eigenvalue weighted by Crippen LogP contribution is 2.24. The molecule has 0 saturated carbocycles. The van der Waals surface area contributed by atoms with Crippen LogP contribution in [-0.2, 0) is 6.61 Å². The zero-order chi connectivity index (χ0) is 11.4. The molecule has 0 atom stereocenters. The molecule has 0 saturated heterocycles. The highest BCUT2D eigenvalue weighted by atomic mass is 35.5. The lowest BCUT2D eigenvalue weighted by atomic mass is 10.3. The molecule has 3 nitrogen and oxygen atoms in total. The first-order valence-corrected chi connectivity index (χ1v) is 5.20. The smallest absolute Gasteiger partial charge is 0.121 e. The van der Waals surface area contributed by atoms with E-state index in [2.05, 4.69) is 4.98 Å². The van der Waals surface area contributed by atoms with Crippen LogP contribution in [0.2, 0.25) is 5.02 Å². The molecule has 82 valence electrons. The average Bonchev–Trinajstić information content (AvgIpc) is 2.32. The van der Waals surface area contributed by atoms with Gasteiger partial charge in [-0.2, -0.15) is 0 Å². The van der Waals surface area contributed by atoms with Crippen molar-refractivity contribution in [1.82, 2.24) is 4.98 Å². The van der Waals surface area contributed by atoms with Gasteiger partial charge in [0.05, 0.1) is 10.7 Å². The summed E-state index contributed by atoms with van der Waals surface area (Å²) in [4.78, 5) is 3.93. The van der Waals surface area contributed by atoms with Crippen LogP contribution < -0.4 is 10.5 Å². The van der Waals surface area contributed by atoms with Crippen LogP contribution in [0.1, 0.15) is 5.56 Å². The first-order valence-electron chi connectivity index (χ1n) is 4.82. The molecule has 1 aromatic carbocycles. The van der Waals surface area contributed by atoms with Crippen LogP contribution in [0, 0.1) is 0 Å². The molecule has 0 aliphatic heterocycles. The Morgan fingerprint density at radius 3 is 2.62 bits per heavy atom. The molecular weight excluding hydrogens is 224 g/mol. The van der Waals surface area contributed by atoms with Crippen LogP contribution in [0.15, 0.2) is 42.7 Å². The number of ether oxygens (including phenoxy) is 1. The number of nitrogen functional groups attached to an aromatic ring is 1. The van der Waals surface area contributed by atoms with Crippen LogP contribution in [0.4, 0.5) is 5.69 Å². The lowest BCUT2D eigenvalue weighted by Crippen LogP contribution is -1.96. The summed E-state index contributed by atoms with van der Waals surface area (Å²) in [6.45, 7) is 0.489. The van der Waals surface area contributed by atoms with Crippen molar-refractivity contribution in [3.8, 4) is 5.75 Å². The summed E-state index contributed by atoms with van der Waals surface area (Å²) in [6.07, 6.45) is 3.46. The van der Waals surface area contributed by atoms with Gasteiger partial charge in [-0.05, 0) is 29.8 Å². The van der Waals surface area contributed by atoms with E-state index in [0.29, 0.717) is 23.1 Å². The zero-order valence-electron chi connectivity index (χ0n) is 8.56. The molecule has 16 heavy (non-hydrogen) atoms. The number of anilines is 1. The van der Waals surface area contributed by atoms with Gasteiger partial charge in [0.1, 0.15) is 12.4 Å². The largest absolute Gasteiger partial charge is 0.489 e. The predicted molar refractivity (Wildman–Crippen MR) is 64.4 cm³/mol. The van der Waals surface area contributed by atoms with E-state index < -0.39 is 0 Å². The third kappa shape index (κ3) is 2.64. The van der Waals surface area contributed by atoms with Crippen molar-refractivity contribution in [1.29, 1.82) is 0 Å². The summed E-state index contributed by atoms with van der Waals surface area (Å²) in [6, 6.07) is 9.03. The monoisotopic (exact) mass is 234 g/mol. The Hall–Kier alpha value is -1.74. The van der Waals surface area contributed by atoms with Gasteiger partial charge < -0.3 is 10.5 Å². The number of pyridine rings is 1. The molecular formula is C12H11ClN2O. The Kier molecular flexibility index (Phi) is 3.27. The van der Waals surface area contributed by atoms with Crippen molar-refractivity contribution in [2.75, 3.05) is 5.73 Å². The second-order valence-electron chi connectivity index (χ2n) is 3.33. The van der Waals surface area contributed by atoms with Crippen molar-refractivity contribution in [3.63, 3.8) is 0 Å². The van der Waals surface area contributed by atoms with Gasteiger partial charge >= 0.3 is 0 Å². The molecule has 0 unspecified atom stereocenters. The van der Waals surface area contributed by atoms with E-state index in [1.54, 1.807) is 30.6 Å². The molecule has 1 aromatic heterocycles. The maximum atomic E-state index is 5.88. The molecule has 0 amide bonds. The van der Waals surface area contributed by atoms with Crippen molar-refractivity contribution in [2.24, 2.45) is 0 Å². The Bertz CT molecular complexity index is 474. The van der Waals surface area contributed by atoms with Crippen LogP contribution in [-0.4, -0.2) is 4.98 Å². The fourth-order valence-electron chi connectivity index (χ4n) is 1.24. The maximum absolute atomic E-state index is 5.88. The Morgan fingerprint density at radius 1 is 1.19 bits per heavy atom. The normalized spacial score (nSPS) is 10.1. The Balaban J connectivity index is 2.03. The number of nitrogens with two attached hydrogens (primary N) is 1. The third-order valence-electron chi connectivity index (χ3n) is 2.13. The van der Waals surface area contributed by atoms with E-state index in [1.165, 1.54) is 0 Å². The van der Waals surface area contributed by atoms with Gasteiger partial charge in [0.15, 0.2) is 0 Å². The number of aromatic nitrogens is 1. The standard InChI is InChI=1S/C12H11ClN2O/c13-11-7-10(1-2-12(11)14)16-8-9-3-5-15-6-4-9/h1-7H,8,14H2. The predicted octanol–water partition coefficient (Wildman–Crippen LogP) is 2.90. The van der Waals surface area contributed by atoms with Gasteiger partial charge in [0.25, 0.3) is 0 Å². The van der Waals surface area contributed by atoms with Gasteiger partial charge in [0.2, 0.25) is 0 Å². The molecule has 4 heteroatoms. The topological polar surface area (TPSA) is 48.1 Å². The van der Waals surface area contributed by atoms with E-state index in [0.717, 1.165) is 5.56 Å². The van der Waals surface area contributed by atoms with Crippen LogP contribution in [0.5, 0.6) is 5.75 Å². The van der Waals surface area contributed by atoms with E-state index in [9.17, 15) is 0 Å². The van der Waals surface area contributed by atoms with Gasteiger partial charge in [0, 0.05) is 18.5 Å². The Morgan fingerprint density at radius 2 is 1.94 bits per heavy atom. The van der Waals surface area contributed by atoms with Crippen LogP contribution in [0.3, 0.4) is 0 Å². The molecule has 0 radical (unpaired) electrons. The van der Waals surface area contributed by atoms with Crippen LogP contribution >= 0.6 is 11.6 Å². The zero-order valence-corrected chi connectivity index (χ0v) is 9.32. The number of halogens is 1. The fourth-order valence-corrected chi connectivity index (χ4v) is 1.41. The minimum atomic E-state index is 0.489. The Labute approximate surface area is 98.8 Å². The molecule has 0 bridgehead atoms. The number of hydrogen-bond acceptors (Lipinski definition) is 3. The van der Waals surface area contributed by atoms with Gasteiger partial charge in [-0.1, -0.05) is 11.6 Å². The van der Waals surface area contributed by atoms with Crippen molar-refractivity contribution < 1.29 is 4.74 Å². The quantitative estimate of drug-likeness (QED) is 0.831. The molecule has 0 spiro atoms. The molecule has 0 aliphatic carbocycles. The summed E-state index contributed by atoms with van der Waals surface area (Å²) in [7, 11) is 0. The second-order valence-corrected chi connectivity index (χ2v) is 3.73. The lowest BCUT2D eigenvalue weighted by molar-refractivity contribution is 0.306. The summed E-state index contributed by atoms with van der Waals surface area (Å²) in [5.74, 6) is 0.705. The van der Waals surface area contributed by atoms with E-state index in [-0.39, 0.29) is 0 Å². The van der Waals surface area contributed by atoms with E-state index >= 15 is 0 Å². The molecule has 2 N–H and O–H groups in total. The highest BCUT2D eigenvalue weighted by molar-refractivity contribution is 6.33. The summed E-state index contributed by atoms with van der Waals surface area (Å²) < 4.78 is 5.56. The van der Waals surface area contributed by atoms with E-state index in [1.807, 2.05) is 12.1 Å². The number of nitrogens with zero attached hydrogens (tertiary/aromatic N) is 1.